The van der Waals surface area contributed by atoms with Crippen molar-refractivity contribution in [1.82, 2.24) is 5.06 Å². The van der Waals surface area contributed by atoms with E-state index in [2.05, 4.69) is 0 Å². The molecule has 0 amide bonds. The largest absolute Gasteiger partial charge is 0.494 e. The Bertz CT molecular complexity index is 346. The van der Waals surface area contributed by atoms with Gasteiger partial charge in [-0.25, -0.2) is 5.06 Å². The van der Waals surface area contributed by atoms with Crippen molar-refractivity contribution in [2.75, 3.05) is 26.5 Å². The second-order valence-corrected chi connectivity index (χ2v) is 5.11. The summed E-state index contributed by atoms with van der Waals surface area (Å²) in [6, 6.07) is 9.83. The Balaban J connectivity index is 2.01. The molecule has 0 saturated carbocycles. The van der Waals surface area contributed by atoms with E-state index in [1.54, 1.807) is 5.06 Å². The average molecular weight is 285 g/mol. The van der Waals surface area contributed by atoms with Crippen LogP contribution in [-0.2, 0) is 4.84 Å². The van der Waals surface area contributed by atoms with Gasteiger partial charge in [0, 0.05) is 7.05 Å². The van der Waals surface area contributed by atoms with Gasteiger partial charge < -0.3 is 4.74 Å². The quantitative estimate of drug-likeness (QED) is 0.434. The van der Waals surface area contributed by atoms with E-state index >= 15 is 0 Å². The van der Waals surface area contributed by atoms with Gasteiger partial charge in [-0.15, -0.1) is 0 Å². The number of para-hydroxylation sites is 1. The zero-order valence-corrected chi connectivity index (χ0v) is 12.4. The van der Waals surface area contributed by atoms with Gasteiger partial charge >= 0.3 is 0 Å². The maximum atomic E-state index is 5.58. The monoisotopic (exact) mass is 285 g/mol. The van der Waals surface area contributed by atoms with Gasteiger partial charge in [-0.05, 0) is 31.2 Å². The van der Waals surface area contributed by atoms with Crippen molar-refractivity contribution in [3.63, 3.8) is 0 Å². The highest BCUT2D eigenvalue weighted by atomic mass is 32.2. The lowest BCUT2D eigenvalue weighted by Crippen LogP contribution is -2.23. The predicted octanol–water partition coefficient (Wildman–Crippen LogP) is 3.36. The molecule has 0 saturated heterocycles. The summed E-state index contributed by atoms with van der Waals surface area (Å²) in [7, 11) is 1.83. The van der Waals surface area contributed by atoms with E-state index in [4.69, 9.17) is 21.8 Å². The van der Waals surface area contributed by atoms with Gasteiger partial charge in [0.2, 0.25) is 0 Å². The van der Waals surface area contributed by atoms with Crippen molar-refractivity contribution in [2.45, 2.75) is 12.8 Å². The molecule has 0 heterocycles. The van der Waals surface area contributed by atoms with E-state index in [0.29, 0.717) is 13.2 Å². The summed E-state index contributed by atoms with van der Waals surface area (Å²) < 4.78 is 6.33. The summed E-state index contributed by atoms with van der Waals surface area (Å²) >= 11 is 6.59. The third-order valence-electron chi connectivity index (χ3n) is 2.27. The molecule has 1 aromatic rings. The molecule has 1 rings (SSSR count). The molecule has 5 heteroatoms. The summed E-state index contributed by atoms with van der Waals surface area (Å²) in [5, 5.41) is 1.64. The summed E-state index contributed by atoms with van der Waals surface area (Å²) in [4.78, 5) is 5.46. The Morgan fingerprint density at radius 2 is 1.89 bits per heavy atom. The first kappa shape index (κ1) is 15.3. The molecule has 0 aliphatic carbocycles. The molecule has 0 aliphatic heterocycles. The lowest BCUT2D eigenvalue weighted by Gasteiger charge is -2.17. The molecule has 0 N–H and O–H groups in total. The fourth-order valence-corrected chi connectivity index (χ4v) is 1.66. The minimum Gasteiger partial charge on any atom is -0.494 e. The van der Waals surface area contributed by atoms with Crippen LogP contribution in [0.2, 0.25) is 0 Å². The molecule has 3 nitrogen and oxygen atoms in total. The number of benzene rings is 1. The SMILES string of the molecule is CSC(=S)N(C)OCCCCOc1ccccc1. The lowest BCUT2D eigenvalue weighted by atomic mass is 10.3. The summed E-state index contributed by atoms with van der Waals surface area (Å²) in [6.45, 7) is 1.37. The zero-order valence-electron chi connectivity index (χ0n) is 10.8. The summed E-state index contributed by atoms with van der Waals surface area (Å²) in [5.74, 6) is 0.916. The number of nitrogens with zero attached hydrogens (tertiary/aromatic N) is 1. The number of hydroxylamine groups is 2. The van der Waals surface area contributed by atoms with Crippen molar-refractivity contribution in [3.05, 3.63) is 30.3 Å². The zero-order chi connectivity index (χ0) is 13.2. The van der Waals surface area contributed by atoms with Crippen LogP contribution in [0, 0.1) is 0 Å². The van der Waals surface area contributed by atoms with Gasteiger partial charge in [0.15, 0.2) is 4.32 Å². The van der Waals surface area contributed by atoms with Gasteiger partial charge in [-0.1, -0.05) is 42.2 Å². The minimum absolute atomic E-state index is 0.662. The minimum atomic E-state index is 0.662. The number of hydrogen-bond acceptors (Lipinski definition) is 4. The molecule has 1 aromatic carbocycles. The average Bonchev–Trinajstić information content (AvgIpc) is 2.42. The van der Waals surface area contributed by atoms with Crippen molar-refractivity contribution >= 4 is 28.3 Å². The van der Waals surface area contributed by atoms with E-state index in [0.717, 1.165) is 22.9 Å². The highest BCUT2D eigenvalue weighted by Gasteiger charge is 2.02. The smallest absolute Gasteiger partial charge is 0.159 e. The molecule has 100 valence electrons. The Kier molecular flexibility index (Phi) is 7.80. The molecule has 0 aliphatic rings. The third kappa shape index (κ3) is 6.23. The molecule has 18 heavy (non-hydrogen) atoms. The van der Waals surface area contributed by atoms with Gasteiger partial charge in [0.25, 0.3) is 0 Å². The first-order valence-corrected chi connectivity index (χ1v) is 7.50. The fourth-order valence-electron chi connectivity index (χ4n) is 1.29. The Morgan fingerprint density at radius 1 is 1.22 bits per heavy atom. The first-order chi connectivity index (χ1) is 8.74. The lowest BCUT2D eigenvalue weighted by molar-refractivity contribution is -0.0762. The Hall–Kier alpha value is -0.780. The molecule has 0 radical (unpaired) electrons. The maximum Gasteiger partial charge on any atom is 0.159 e. The van der Waals surface area contributed by atoms with Gasteiger partial charge in [-0.3, -0.25) is 4.84 Å². The van der Waals surface area contributed by atoms with E-state index < -0.39 is 0 Å². The molecule has 0 aromatic heterocycles. The number of thiocarbonyl (C=S) groups is 1. The van der Waals surface area contributed by atoms with Crippen LogP contribution in [0.15, 0.2) is 30.3 Å². The standard InChI is InChI=1S/C13H19NO2S2/c1-14(13(17)18-2)16-11-7-6-10-15-12-8-4-3-5-9-12/h3-5,8-9H,6-7,10-11H2,1-2H3. The Morgan fingerprint density at radius 3 is 2.56 bits per heavy atom. The predicted molar refractivity (Wildman–Crippen MR) is 81.0 cm³/mol. The van der Waals surface area contributed by atoms with E-state index in [9.17, 15) is 0 Å². The second-order valence-electron chi connectivity index (χ2n) is 3.67. The number of ether oxygens (including phenoxy) is 1. The molecule has 0 bridgehead atoms. The highest BCUT2D eigenvalue weighted by molar-refractivity contribution is 8.22. The summed E-state index contributed by atoms with van der Waals surface area (Å²) in [5.41, 5.74) is 0. The summed E-state index contributed by atoms with van der Waals surface area (Å²) in [6.07, 6.45) is 3.86. The Labute approximate surface area is 118 Å². The first-order valence-electron chi connectivity index (χ1n) is 5.86. The van der Waals surface area contributed by atoms with Crippen molar-refractivity contribution in [2.24, 2.45) is 0 Å². The highest BCUT2D eigenvalue weighted by Crippen LogP contribution is 2.09. The molecule has 0 unspecified atom stereocenters. The normalized spacial score (nSPS) is 10.1. The van der Waals surface area contributed by atoms with Crippen molar-refractivity contribution in [3.8, 4) is 5.75 Å². The molecular formula is C13H19NO2S2. The van der Waals surface area contributed by atoms with Crippen LogP contribution in [0.25, 0.3) is 0 Å². The third-order valence-corrected chi connectivity index (χ3v) is 3.63. The van der Waals surface area contributed by atoms with E-state index in [-0.39, 0.29) is 0 Å². The molecular weight excluding hydrogens is 266 g/mol. The van der Waals surface area contributed by atoms with Crippen molar-refractivity contribution < 1.29 is 9.57 Å². The number of rotatable bonds is 7. The molecule has 0 spiro atoms. The molecule has 0 atom stereocenters. The van der Waals surface area contributed by atoms with Crippen LogP contribution >= 0.6 is 24.0 Å². The number of unbranched alkanes of at least 4 members (excludes halogenated alkanes) is 1. The van der Waals surface area contributed by atoms with Crippen LogP contribution in [0.1, 0.15) is 12.8 Å². The van der Waals surface area contributed by atoms with E-state index in [1.165, 1.54) is 11.8 Å². The fraction of sp³-hybridized carbons (Fsp3) is 0.462. The second kappa shape index (κ2) is 9.19. The maximum absolute atomic E-state index is 5.58. The van der Waals surface area contributed by atoms with Gasteiger partial charge in [0.05, 0.1) is 13.2 Å². The van der Waals surface area contributed by atoms with Crippen LogP contribution in [0.5, 0.6) is 5.75 Å². The topological polar surface area (TPSA) is 21.7 Å². The van der Waals surface area contributed by atoms with Gasteiger partial charge in [0.1, 0.15) is 5.75 Å². The van der Waals surface area contributed by atoms with Crippen molar-refractivity contribution in [1.29, 1.82) is 0 Å². The number of thioether (sulfide) groups is 1. The number of hydrogen-bond donors (Lipinski definition) is 0. The van der Waals surface area contributed by atoms with Crippen LogP contribution in [-0.4, -0.2) is 35.9 Å². The molecule has 0 fully saturated rings. The van der Waals surface area contributed by atoms with Crippen LogP contribution < -0.4 is 4.74 Å². The van der Waals surface area contributed by atoms with Crippen LogP contribution in [0.3, 0.4) is 0 Å². The van der Waals surface area contributed by atoms with Gasteiger partial charge in [-0.2, -0.15) is 0 Å². The van der Waals surface area contributed by atoms with E-state index in [1.807, 2.05) is 43.6 Å². The van der Waals surface area contributed by atoms with Crippen LogP contribution in [0.4, 0.5) is 0 Å².